The molecule has 0 aromatic heterocycles. The van der Waals surface area contributed by atoms with Gasteiger partial charge in [0.1, 0.15) is 0 Å². The zero-order valence-electron chi connectivity index (χ0n) is 9.77. The topological polar surface area (TPSA) is 3.24 Å². The lowest BCUT2D eigenvalue weighted by molar-refractivity contribution is 0.227. The van der Waals surface area contributed by atoms with Gasteiger partial charge in [0.15, 0.2) is 0 Å². The van der Waals surface area contributed by atoms with E-state index in [9.17, 15) is 0 Å². The van der Waals surface area contributed by atoms with Crippen LogP contribution < -0.4 is 0 Å². The third-order valence-corrected chi connectivity index (χ3v) is 4.27. The molecule has 2 heteroatoms. The highest BCUT2D eigenvalue weighted by Gasteiger charge is 2.37. The van der Waals surface area contributed by atoms with Crippen molar-refractivity contribution in [2.75, 3.05) is 13.1 Å². The van der Waals surface area contributed by atoms with E-state index in [4.69, 9.17) is 0 Å². The molecule has 1 spiro atoms. The summed E-state index contributed by atoms with van der Waals surface area (Å²) in [5.41, 5.74) is 3.26. The second kappa shape index (κ2) is 4.58. The highest BCUT2D eigenvalue weighted by Crippen LogP contribution is 2.43. The summed E-state index contributed by atoms with van der Waals surface area (Å²) in [4.78, 5) is 2.38. The average Bonchev–Trinajstić information content (AvgIpc) is 2.73. The van der Waals surface area contributed by atoms with Crippen LogP contribution in [-0.4, -0.2) is 18.0 Å². The molecule has 0 atom stereocenters. The molecule has 88 valence electrons. The Balaban J connectivity index is 1.80. The lowest BCUT2D eigenvalue weighted by atomic mass is 9.74. The fraction of sp³-hybridized carbons (Fsp3) is 0.333. The molecule has 0 unspecified atom stereocenters. The molecular formula is C15H16BrN. The van der Waals surface area contributed by atoms with Crippen molar-refractivity contribution in [3.8, 4) is 0 Å². The first-order valence-electron chi connectivity index (χ1n) is 6.14. The third kappa shape index (κ3) is 1.98. The van der Waals surface area contributed by atoms with Crippen LogP contribution in [0.5, 0.6) is 0 Å². The third-order valence-electron chi connectivity index (χ3n) is 4.04. The minimum atomic E-state index is 0.313. The van der Waals surface area contributed by atoms with Gasteiger partial charge >= 0.3 is 0 Å². The minimum Gasteiger partial charge on any atom is -0.298 e. The molecule has 0 N–H and O–H groups in total. The van der Waals surface area contributed by atoms with E-state index in [2.05, 4.69) is 63.8 Å². The van der Waals surface area contributed by atoms with Gasteiger partial charge in [-0.3, -0.25) is 4.90 Å². The van der Waals surface area contributed by atoms with E-state index in [1.54, 1.807) is 0 Å². The van der Waals surface area contributed by atoms with Gasteiger partial charge in [-0.15, -0.1) is 0 Å². The SMILES string of the molecule is Br[CH][CH]N1CCC2(C=Cc3ccccc32)CC1. The van der Waals surface area contributed by atoms with Gasteiger partial charge in [-0.05, 0) is 37.1 Å². The Kier molecular flexibility index (Phi) is 3.10. The standard InChI is InChI=1S/C15H16BrN/c16-9-12-17-10-7-15(8-11-17)6-5-13-3-1-2-4-14(13)15/h1-6,9,12H,7-8,10-11H2. The van der Waals surface area contributed by atoms with Crippen LogP contribution in [-0.2, 0) is 5.41 Å². The van der Waals surface area contributed by atoms with E-state index in [0.29, 0.717) is 5.41 Å². The van der Waals surface area contributed by atoms with Crippen LogP contribution in [0.4, 0.5) is 0 Å². The van der Waals surface area contributed by atoms with Crippen molar-refractivity contribution in [3.05, 3.63) is 53.3 Å². The van der Waals surface area contributed by atoms with Crippen molar-refractivity contribution in [3.63, 3.8) is 0 Å². The van der Waals surface area contributed by atoms with Crippen LogP contribution in [0.2, 0.25) is 0 Å². The van der Waals surface area contributed by atoms with Crippen molar-refractivity contribution in [2.24, 2.45) is 0 Å². The Hall–Kier alpha value is -0.600. The van der Waals surface area contributed by atoms with E-state index in [0.717, 1.165) is 13.1 Å². The van der Waals surface area contributed by atoms with Gasteiger partial charge in [0.2, 0.25) is 0 Å². The summed E-state index contributed by atoms with van der Waals surface area (Å²) in [6.45, 7) is 4.42. The molecule has 1 aliphatic heterocycles. The fourth-order valence-corrected chi connectivity index (χ4v) is 3.36. The second-order valence-electron chi connectivity index (χ2n) is 4.89. The van der Waals surface area contributed by atoms with Crippen molar-refractivity contribution in [2.45, 2.75) is 18.3 Å². The maximum absolute atomic E-state index is 3.35. The fourth-order valence-electron chi connectivity index (χ4n) is 3.02. The van der Waals surface area contributed by atoms with Gasteiger partial charge in [-0.1, -0.05) is 52.3 Å². The van der Waals surface area contributed by atoms with Crippen LogP contribution in [0.15, 0.2) is 30.3 Å². The molecule has 3 rings (SSSR count). The molecule has 1 aromatic rings. The van der Waals surface area contributed by atoms with E-state index in [1.807, 2.05) is 5.33 Å². The Morgan fingerprint density at radius 1 is 1.18 bits per heavy atom. The number of nitrogens with zero attached hydrogens (tertiary/aromatic N) is 1. The molecule has 1 heterocycles. The number of piperidine rings is 1. The van der Waals surface area contributed by atoms with Crippen LogP contribution in [0, 0.1) is 11.9 Å². The van der Waals surface area contributed by atoms with Crippen molar-refractivity contribution >= 4 is 22.0 Å². The number of allylic oxidation sites excluding steroid dienone is 1. The van der Waals surface area contributed by atoms with E-state index >= 15 is 0 Å². The molecular weight excluding hydrogens is 274 g/mol. The molecule has 1 aromatic carbocycles. The molecule has 2 aliphatic rings. The number of hydrogen-bond acceptors (Lipinski definition) is 1. The zero-order chi connectivity index (χ0) is 11.7. The number of halogens is 1. The molecule has 0 bridgehead atoms. The maximum atomic E-state index is 3.35. The largest absolute Gasteiger partial charge is 0.298 e. The first kappa shape index (κ1) is 11.5. The zero-order valence-corrected chi connectivity index (χ0v) is 11.4. The van der Waals surface area contributed by atoms with Gasteiger partial charge < -0.3 is 0 Å². The number of rotatable bonds is 2. The Labute approximate surface area is 112 Å². The highest BCUT2D eigenvalue weighted by molar-refractivity contribution is 9.10. The quantitative estimate of drug-likeness (QED) is 0.801. The normalized spacial score (nSPS) is 21.9. The molecule has 0 saturated carbocycles. The smallest absolute Gasteiger partial charge is 0.0458 e. The summed E-state index contributed by atoms with van der Waals surface area (Å²) in [5.74, 6) is 0. The van der Waals surface area contributed by atoms with E-state index in [-0.39, 0.29) is 0 Å². The van der Waals surface area contributed by atoms with Crippen LogP contribution in [0.3, 0.4) is 0 Å². The summed E-state index contributed by atoms with van der Waals surface area (Å²) in [6.07, 6.45) is 7.16. The van der Waals surface area contributed by atoms with E-state index in [1.165, 1.54) is 24.0 Å². The molecule has 2 radical (unpaired) electrons. The lowest BCUT2D eigenvalue weighted by Gasteiger charge is -2.38. The van der Waals surface area contributed by atoms with Gasteiger partial charge in [0.25, 0.3) is 0 Å². The molecule has 0 amide bonds. The summed E-state index contributed by atoms with van der Waals surface area (Å²) in [6, 6.07) is 8.82. The van der Waals surface area contributed by atoms with Gasteiger partial charge in [0, 0.05) is 17.3 Å². The number of benzene rings is 1. The van der Waals surface area contributed by atoms with Gasteiger partial charge in [0.05, 0.1) is 0 Å². The molecule has 17 heavy (non-hydrogen) atoms. The number of likely N-dealkylation sites (tertiary alicyclic amines) is 1. The van der Waals surface area contributed by atoms with Crippen LogP contribution in [0.1, 0.15) is 24.0 Å². The highest BCUT2D eigenvalue weighted by atomic mass is 79.9. The minimum absolute atomic E-state index is 0.313. The summed E-state index contributed by atoms with van der Waals surface area (Å²) in [7, 11) is 0. The monoisotopic (exact) mass is 289 g/mol. The van der Waals surface area contributed by atoms with Crippen LogP contribution in [0.25, 0.3) is 6.08 Å². The van der Waals surface area contributed by atoms with Crippen molar-refractivity contribution in [1.82, 2.24) is 4.90 Å². The number of fused-ring (bicyclic) bond motifs is 2. The van der Waals surface area contributed by atoms with E-state index < -0.39 is 0 Å². The predicted octanol–water partition coefficient (Wildman–Crippen LogP) is 3.77. The lowest BCUT2D eigenvalue weighted by Crippen LogP contribution is -2.39. The summed E-state index contributed by atoms with van der Waals surface area (Å²) in [5, 5.41) is 1.95. The van der Waals surface area contributed by atoms with Gasteiger partial charge in [-0.25, -0.2) is 0 Å². The molecule has 1 fully saturated rings. The molecule has 1 saturated heterocycles. The summed E-state index contributed by atoms with van der Waals surface area (Å²) < 4.78 is 0. The Bertz CT molecular complexity index is 430. The first-order valence-corrected chi connectivity index (χ1v) is 7.05. The second-order valence-corrected chi connectivity index (χ2v) is 5.42. The van der Waals surface area contributed by atoms with Crippen molar-refractivity contribution in [1.29, 1.82) is 0 Å². The molecule has 1 nitrogen and oxygen atoms in total. The molecule has 1 aliphatic carbocycles. The first-order chi connectivity index (χ1) is 8.34. The number of hydrogen-bond donors (Lipinski definition) is 0. The van der Waals surface area contributed by atoms with Crippen LogP contribution >= 0.6 is 15.9 Å². The predicted molar refractivity (Wildman–Crippen MR) is 75.5 cm³/mol. The maximum Gasteiger partial charge on any atom is 0.0458 e. The Morgan fingerprint density at radius 3 is 2.71 bits per heavy atom. The Morgan fingerprint density at radius 2 is 1.94 bits per heavy atom. The average molecular weight is 290 g/mol. The summed E-state index contributed by atoms with van der Waals surface area (Å²) >= 11 is 3.35. The van der Waals surface area contributed by atoms with Gasteiger partial charge in [-0.2, -0.15) is 0 Å². The van der Waals surface area contributed by atoms with Crippen molar-refractivity contribution < 1.29 is 0 Å².